The summed E-state index contributed by atoms with van der Waals surface area (Å²) in [5.41, 5.74) is 1.41. The van der Waals surface area contributed by atoms with Crippen molar-refractivity contribution < 1.29 is 9.32 Å². The number of amides is 1. The third kappa shape index (κ3) is 2.71. The first-order chi connectivity index (χ1) is 11.5. The fourth-order valence-electron chi connectivity index (χ4n) is 3.19. The van der Waals surface area contributed by atoms with E-state index in [4.69, 9.17) is 4.52 Å². The van der Waals surface area contributed by atoms with Gasteiger partial charge in [0.15, 0.2) is 5.82 Å². The number of hydrogen-bond donors (Lipinski definition) is 0. The van der Waals surface area contributed by atoms with E-state index in [-0.39, 0.29) is 11.9 Å². The van der Waals surface area contributed by atoms with Gasteiger partial charge in [-0.3, -0.25) is 14.4 Å². The Hall–Kier alpha value is -2.22. The average Bonchev–Trinajstić information content (AvgIpc) is 3.19. The Kier molecular flexibility index (Phi) is 3.64. The lowest BCUT2D eigenvalue weighted by molar-refractivity contribution is 0.0488. The topological polar surface area (TPSA) is 80.3 Å². The van der Waals surface area contributed by atoms with Crippen molar-refractivity contribution in [2.45, 2.75) is 31.7 Å². The highest BCUT2D eigenvalue weighted by Gasteiger charge is 2.35. The molecule has 0 spiro atoms. The van der Waals surface area contributed by atoms with E-state index in [0.717, 1.165) is 30.9 Å². The quantitative estimate of drug-likeness (QED) is 0.839. The van der Waals surface area contributed by atoms with Crippen molar-refractivity contribution in [3.63, 3.8) is 0 Å². The number of carbonyl (C=O) groups excluding carboxylic acids is 1. The fourth-order valence-corrected chi connectivity index (χ4v) is 3.19. The van der Waals surface area contributed by atoms with Gasteiger partial charge in [-0.2, -0.15) is 10.1 Å². The fraction of sp³-hybridized carbons (Fsp3) is 0.625. The predicted molar refractivity (Wildman–Crippen MR) is 85.5 cm³/mol. The molecule has 2 aliphatic rings. The average molecular weight is 330 g/mol. The lowest BCUT2D eigenvalue weighted by Crippen LogP contribution is -2.49. The van der Waals surface area contributed by atoms with Gasteiger partial charge in [0.25, 0.3) is 5.91 Å². The zero-order valence-corrected chi connectivity index (χ0v) is 14.3. The van der Waals surface area contributed by atoms with Gasteiger partial charge in [-0.05, 0) is 26.8 Å². The van der Waals surface area contributed by atoms with E-state index in [1.807, 2.05) is 25.9 Å². The molecule has 1 aliphatic heterocycles. The van der Waals surface area contributed by atoms with Gasteiger partial charge >= 0.3 is 0 Å². The third-order valence-electron chi connectivity index (χ3n) is 4.86. The van der Waals surface area contributed by atoms with Crippen molar-refractivity contribution in [3.8, 4) is 0 Å². The molecule has 0 N–H and O–H groups in total. The molecule has 8 nitrogen and oxygen atoms in total. The van der Waals surface area contributed by atoms with Crippen molar-refractivity contribution in [2.24, 2.45) is 7.05 Å². The van der Waals surface area contributed by atoms with Crippen LogP contribution in [0.1, 0.15) is 52.6 Å². The number of hydrogen-bond acceptors (Lipinski definition) is 6. The highest BCUT2D eigenvalue weighted by molar-refractivity contribution is 5.95. The molecule has 128 valence electrons. The number of likely N-dealkylation sites (N-methyl/N-ethyl adjacent to an activating group) is 1. The molecule has 2 aromatic rings. The molecule has 0 bridgehead atoms. The molecule has 2 aromatic heterocycles. The molecule has 2 fully saturated rings. The Balaban J connectivity index is 1.53. The molecule has 24 heavy (non-hydrogen) atoms. The van der Waals surface area contributed by atoms with Crippen molar-refractivity contribution in [1.29, 1.82) is 0 Å². The van der Waals surface area contributed by atoms with Gasteiger partial charge in [-0.15, -0.1) is 0 Å². The van der Waals surface area contributed by atoms with Gasteiger partial charge in [0.05, 0.1) is 11.3 Å². The summed E-state index contributed by atoms with van der Waals surface area (Å²) in [6.07, 6.45) is 4.07. The molecule has 0 radical (unpaired) electrons. The summed E-state index contributed by atoms with van der Waals surface area (Å²) in [6.45, 7) is 3.87. The predicted octanol–water partition coefficient (Wildman–Crippen LogP) is 1.12. The Bertz CT molecular complexity index is 762. The minimum atomic E-state index is -0.0559. The van der Waals surface area contributed by atoms with Crippen LogP contribution >= 0.6 is 0 Å². The van der Waals surface area contributed by atoms with Crippen molar-refractivity contribution in [3.05, 3.63) is 29.2 Å². The molecule has 1 saturated heterocycles. The van der Waals surface area contributed by atoms with E-state index in [1.54, 1.807) is 10.9 Å². The summed E-state index contributed by atoms with van der Waals surface area (Å²) >= 11 is 0. The first-order valence-electron chi connectivity index (χ1n) is 8.36. The number of rotatable bonds is 3. The summed E-state index contributed by atoms with van der Waals surface area (Å²) < 4.78 is 7.16. The van der Waals surface area contributed by atoms with Crippen LogP contribution in [0.4, 0.5) is 0 Å². The second kappa shape index (κ2) is 5.70. The van der Waals surface area contributed by atoms with Crippen LogP contribution in [0.25, 0.3) is 0 Å². The van der Waals surface area contributed by atoms with Crippen LogP contribution in [-0.4, -0.2) is 62.3 Å². The number of piperazine rings is 1. The van der Waals surface area contributed by atoms with Crippen molar-refractivity contribution in [1.82, 2.24) is 29.7 Å². The Morgan fingerprint density at radius 2 is 2.08 bits per heavy atom. The monoisotopic (exact) mass is 330 g/mol. The van der Waals surface area contributed by atoms with E-state index >= 15 is 0 Å². The maximum atomic E-state index is 12.8. The first-order valence-corrected chi connectivity index (χ1v) is 8.36. The second-order valence-corrected chi connectivity index (χ2v) is 6.81. The maximum absolute atomic E-state index is 12.8. The smallest absolute Gasteiger partial charge is 0.257 e. The molecule has 1 saturated carbocycles. The molecule has 8 heteroatoms. The molecular weight excluding hydrogens is 308 g/mol. The SMILES string of the molecule is Cc1nn(C)cc1C(=O)N1CCN(C)[C@@H](c2nc(C3CC3)no2)C1. The first kappa shape index (κ1) is 15.3. The Morgan fingerprint density at radius 1 is 1.29 bits per heavy atom. The number of aromatic nitrogens is 4. The van der Waals surface area contributed by atoms with Gasteiger partial charge in [0.1, 0.15) is 6.04 Å². The Labute approximate surface area is 140 Å². The van der Waals surface area contributed by atoms with Crippen LogP contribution in [0.5, 0.6) is 0 Å². The van der Waals surface area contributed by atoms with Gasteiger partial charge in [-0.1, -0.05) is 5.16 Å². The van der Waals surface area contributed by atoms with Gasteiger partial charge in [0, 0.05) is 38.8 Å². The van der Waals surface area contributed by atoms with E-state index in [9.17, 15) is 4.79 Å². The summed E-state index contributed by atoms with van der Waals surface area (Å²) in [7, 11) is 3.86. The van der Waals surface area contributed by atoms with Crippen LogP contribution in [0.15, 0.2) is 10.7 Å². The number of nitrogens with zero attached hydrogens (tertiary/aromatic N) is 6. The number of aryl methyl sites for hydroxylation is 2. The molecular formula is C16H22N6O2. The van der Waals surface area contributed by atoms with Gasteiger partial charge < -0.3 is 9.42 Å². The molecule has 1 amide bonds. The minimum Gasteiger partial charge on any atom is -0.338 e. The standard InChI is InChI=1S/C16H22N6O2/c1-10-12(8-21(3)18-10)16(23)22-7-6-20(2)13(9-22)15-17-14(19-24-15)11-4-5-11/h8,11,13H,4-7,9H2,1-3H3/t13-/m1/s1. The molecule has 1 atom stereocenters. The normalized spacial score (nSPS) is 22.1. The van der Waals surface area contributed by atoms with E-state index in [0.29, 0.717) is 30.5 Å². The maximum Gasteiger partial charge on any atom is 0.257 e. The van der Waals surface area contributed by atoms with Crippen LogP contribution in [0.3, 0.4) is 0 Å². The summed E-state index contributed by atoms with van der Waals surface area (Å²) in [5.74, 6) is 1.90. The summed E-state index contributed by atoms with van der Waals surface area (Å²) in [6, 6.07) is -0.0559. The summed E-state index contributed by atoms with van der Waals surface area (Å²) in [4.78, 5) is 21.4. The lowest BCUT2D eigenvalue weighted by atomic mass is 10.1. The molecule has 0 aromatic carbocycles. The Morgan fingerprint density at radius 3 is 2.75 bits per heavy atom. The highest BCUT2D eigenvalue weighted by atomic mass is 16.5. The van der Waals surface area contributed by atoms with E-state index in [1.165, 1.54) is 0 Å². The minimum absolute atomic E-state index is 0.0145. The zero-order chi connectivity index (χ0) is 16.8. The second-order valence-electron chi connectivity index (χ2n) is 6.81. The molecule has 3 heterocycles. The molecule has 0 unspecified atom stereocenters. The van der Waals surface area contributed by atoms with E-state index in [2.05, 4.69) is 20.1 Å². The van der Waals surface area contributed by atoms with Crippen LogP contribution < -0.4 is 0 Å². The molecule has 1 aliphatic carbocycles. The third-order valence-corrected chi connectivity index (χ3v) is 4.86. The molecule has 4 rings (SSSR count). The highest BCUT2D eigenvalue weighted by Crippen LogP contribution is 2.38. The van der Waals surface area contributed by atoms with Crippen LogP contribution in [0.2, 0.25) is 0 Å². The lowest BCUT2D eigenvalue weighted by Gasteiger charge is -2.37. The van der Waals surface area contributed by atoms with Gasteiger partial charge in [0.2, 0.25) is 5.89 Å². The van der Waals surface area contributed by atoms with Crippen LogP contribution in [-0.2, 0) is 7.05 Å². The van der Waals surface area contributed by atoms with Gasteiger partial charge in [-0.25, -0.2) is 0 Å². The van der Waals surface area contributed by atoms with Crippen molar-refractivity contribution >= 4 is 5.91 Å². The van der Waals surface area contributed by atoms with Crippen LogP contribution in [0, 0.1) is 6.92 Å². The van der Waals surface area contributed by atoms with Crippen molar-refractivity contribution in [2.75, 3.05) is 26.7 Å². The largest absolute Gasteiger partial charge is 0.338 e. The summed E-state index contributed by atoms with van der Waals surface area (Å²) in [5, 5.41) is 8.37. The zero-order valence-electron chi connectivity index (χ0n) is 14.3. The number of carbonyl (C=O) groups is 1. The van der Waals surface area contributed by atoms with E-state index < -0.39 is 0 Å².